The molecule has 0 N–H and O–H groups in total. The molecule has 11 aromatic rings. The normalized spacial score (nSPS) is 11.6. The zero-order valence-electron chi connectivity index (χ0n) is 29.8. The molecule has 0 atom stereocenters. The molecule has 0 aliphatic rings. The van der Waals surface area contributed by atoms with Gasteiger partial charge in [0.2, 0.25) is 0 Å². The van der Waals surface area contributed by atoms with Gasteiger partial charge in [0, 0.05) is 32.7 Å². The first-order valence-corrected chi connectivity index (χ1v) is 18.6. The van der Waals surface area contributed by atoms with Crippen molar-refractivity contribution in [2.45, 2.75) is 0 Å². The van der Waals surface area contributed by atoms with Crippen LogP contribution in [-0.4, -0.2) is 9.97 Å². The van der Waals surface area contributed by atoms with Gasteiger partial charge in [-0.15, -0.1) is 0 Å². The van der Waals surface area contributed by atoms with Gasteiger partial charge in [0.05, 0.1) is 22.9 Å². The van der Waals surface area contributed by atoms with Gasteiger partial charge >= 0.3 is 0 Å². The van der Waals surface area contributed by atoms with E-state index in [0.717, 1.165) is 93.9 Å². The standard InChI is InChI=1S/C52H32N2O/c1-3-15-33(16-4-1)35-27-28-49-45(29-35)47-31-36(34-17-5-2-6-18-34)30-46(52(47)55-49)41-23-8-7-19-37(41)38-20-9-12-24-42(38)48-32-53-50-43-25-13-10-21-39(43)40-22-11-14-26-44(40)51(50)54-48/h1-32H. The highest BCUT2D eigenvalue weighted by atomic mass is 16.3. The van der Waals surface area contributed by atoms with Crippen molar-refractivity contribution >= 4 is 54.5 Å². The third-order valence-corrected chi connectivity index (χ3v) is 10.9. The fourth-order valence-electron chi connectivity index (χ4n) is 8.33. The van der Waals surface area contributed by atoms with Gasteiger partial charge < -0.3 is 4.42 Å². The number of nitrogens with zero attached hydrogens (tertiary/aromatic N) is 2. The van der Waals surface area contributed by atoms with E-state index in [1.807, 2.05) is 6.20 Å². The van der Waals surface area contributed by atoms with Crippen LogP contribution >= 0.6 is 0 Å². The van der Waals surface area contributed by atoms with Gasteiger partial charge in [0.1, 0.15) is 11.2 Å². The maximum absolute atomic E-state index is 6.83. The third kappa shape index (κ3) is 5.13. The van der Waals surface area contributed by atoms with E-state index in [1.165, 1.54) is 16.3 Å². The zero-order valence-corrected chi connectivity index (χ0v) is 29.8. The monoisotopic (exact) mass is 700 g/mol. The van der Waals surface area contributed by atoms with Gasteiger partial charge in [-0.05, 0) is 74.0 Å². The Hall–Kier alpha value is -7.36. The summed E-state index contributed by atoms with van der Waals surface area (Å²) < 4.78 is 6.83. The molecule has 0 amide bonds. The first-order valence-electron chi connectivity index (χ1n) is 18.6. The van der Waals surface area contributed by atoms with Gasteiger partial charge in [-0.1, -0.05) is 164 Å². The summed E-state index contributed by atoms with van der Waals surface area (Å²) in [5, 5.41) is 6.76. The Kier molecular flexibility index (Phi) is 7.17. The SMILES string of the molecule is c1ccc(-c2ccc3oc4c(-c5ccccc5-c5ccccc5-c5cnc6c7ccccc7c7ccccc7c6n5)cc(-c5ccccc5)cc4c3c2)cc1. The summed E-state index contributed by atoms with van der Waals surface area (Å²) in [6.07, 6.45) is 1.93. The summed E-state index contributed by atoms with van der Waals surface area (Å²) in [6.45, 7) is 0. The summed E-state index contributed by atoms with van der Waals surface area (Å²) in [7, 11) is 0. The lowest BCUT2D eigenvalue weighted by Crippen LogP contribution is -1.95. The maximum Gasteiger partial charge on any atom is 0.143 e. The van der Waals surface area contributed by atoms with E-state index in [-0.39, 0.29) is 0 Å². The highest BCUT2D eigenvalue weighted by Gasteiger charge is 2.21. The van der Waals surface area contributed by atoms with Crippen LogP contribution in [0.3, 0.4) is 0 Å². The lowest BCUT2D eigenvalue weighted by molar-refractivity contribution is 0.670. The van der Waals surface area contributed by atoms with Crippen LogP contribution in [0.4, 0.5) is 0 Å². The van der Waals surface area contributed by atoms with E-state index in [4.69, 9.17) is 14.4 Å². The highest BCUT2D eigenvalue weighted by molar-refractivity contribution is 6.23. The number of rotatable bonds is 5. The van der Waals surface area contributed by atoms with Crippen molar-refractivity contribution < 1.29 is 4.42 Å². The van der Waals surface area contributed by atoms with E-state index in [9.17, 15) is 0 Å². The minimum atomic E-state index is 0.832. The van der Waals surface area contributed by atoms with Gasteiger partial charge in [-0.3, -0.25) is 4.98 Å². The molecule has 0 aliphatic carbocycles. The van der Waals surface area contributed by atoms with Crippen molar-refractivity contribution in [2.24, 2.45) is 0 Å². The van der Waals surface area contributed by atoms with E-state index in [1.54, 1.807) is 0 Å². The molecule has 11 rings (SSSR count). The minimum Gasteiger partial charge on any atom is -0.455 e. The van der Waals surface area contributed by atoms with Gasteiger partial charge in [0.25, 0.3) is 0 Å². The molecule has 0 radical (unpaired) electrons. The van der Waals surface area contributed by atoms with Crippen molar-refractivity contribution in [3.63, 3.8) is 0 Å². The molecule has 2 heterocycles. The molecule has 0 aliphatic heterocycles. The van der Waals surface area contributed by atoms with Crippen LogP contribution in [0, 0.1) is 0 Å². The van der Waals surface area contributed by atoms with Crippen molar-refractivity contribution in [1.82, 2.24) is 9.97 Å². The van der Waals surface area contributed by atoms with E-state index < -0.39 is 0 Å². The molecule has 3 nitrogen and oxygen atoms in total. The van der Waals surface area contributed by atoms with E-state index >= 15 is 0 Å². The second-order valence-corrected chi connectivity index (χ2v) is 14.1. The van der Waals surface area contributed by atoms with Crippen LogP contribution in [0.5, 0.6) is 0 Å². The summed E-state index contributed by atoms with van der Waals surface area (Å²) in [5.41, 5.74) is 14.4. The van der Waals surface area contributed by atoms with Gasteiger partial charge in [0.15, 0.2) is 0 Å². The lowest BCUT2D eigenvalue weighted by Gasteiger charge is -2.16. The fourth-order valence-corrected chi connectivity index (χ4v) is 8.33. The van der Waals surface area contributed by atoms with Crippen molar-refractivity contribution in [1.29, 1.82) is 0 Å². The lowest BCUT2D eigenvalue weighted by atomic mass is 9.88. The number of benzene rings is 9. The molecule has 0 bridgehead atoms. The molecule has 0 fully saturated rings. The number of furan rings is 1. The average Bonchev–Trinajstić information content (AvgIpc) is 3.64. The number of aromatic nitrogens is 2. The predicted molar refractivity (Wildman–Crippen MR) is 229 cm³/mol. The molecule has 0 spiro atoms. The molecule has 256 valence electrons. The van der Waals surface area contributed by atoms with Crippen LogP contribution < -0.4 is 0 Å². The van der Waals surface area contributed by atoms with Gasteiger partial charge in [-0.2, -0.15) is 0 Å². The van der Waals surface area contributed by atoms with Crippen molar-refractivity contribution in [2.75, 3.05) is 0 Å². The van der Waals surface area contributed by atoms with Crippen LogP contribution in [-0.2, 0) is 0 Å². The van der Waals surface area contributed by atoms with Crippen LogP contribution in [0.25, 0.3) is 110 Å². The fraction of sp³-hybridized carbons (Fsp3) is 0. The topological polar surface area (TPSA) is 38.9 Å². The summed E-state index contributed by atoms with van der Waals surface area (Å²) in [4.78, 5) is 10.5. The Morgan fingerprint density at radius 2 is 0.836 bits per heavy atom. The minimum absolute atomic E-state index is 0.832. The Morgan fingerprint density at radius 3 is 1.51 bits per heavy atom. The second-order valence-electron chi connectivity index (χ2n) is 14.1. The summed E-state index contributed by atoms with van der Waals surface area (Å²) in [5.74, 6) is 0. The smallest absolute Gasteiger partial charge is 0.143 e. The molecule has 0 saturated heterocycles. The van der Waals surface area contributed by atoms with Crippen molar-refractivity contribution in [3.05, 3.63) is 194 Å². The molecule has 0 saturated carbocycles. The molecule has 9 aromatic carbocycles. The Balaban J connectivity index is 1.14. The summed E-state index contributed by atoms with van der Waals surface area (Å²) >= 11 is 0. The third-order valence-electron chi connectivity index (χ3n) is 10.9. The molecule has 0 unspecified atom stereocenters. The van der Waals surface area contributed by atoms with Crippen LogP contribution in [0.2, 0.25) is 0 Å². The number of fused-ring (bicyclic) bond motifs is 9. The van der Waals surface area contributed by atoms with Crippen LogP contribution in [0.15, 0.2) is 199 Å². The molecule has 2 aromatic heterocycles. The summed E-state index contributed by atoms with van der Waals surface area (Å²) in [6, 6.07) is 66.4. The average molecular weight is 701 g/mol. The Morgan fingerprint density at radius 1 is 0.327 bits per heavy atom. The Bertz CT molecular complexity index is 3220. The largest absolute Gasteiger partial charge is 0.455 e. The molecule has 55 heavy (non-hydrogen) atoms. The predicted octanol–water partition coefficient (Wildman–Crippen LogP) is 14.2. The van der Waals surface area contributed by atoms with E-state index in [2.05, 4.69) is 188 Å². The first kappa shape index (κ1) is 31.2. The van der Waals surface area contributed by atoms with Crippen LogP contribution in [0.1, 0.15) is 0 Å². The number of hydrogen-bond acceptors (Lipinski definition) is 3. The first-order chi connectivity index (χ1) is 27.3. The molecular weight excluding hydrogens is 669 g/mol. The highest BCUT2D eigenvalue weighted by Crippen LogP contribution is 2.45. The quantitative estimate of drug-likeness (QED) is 0.168. The van der Waals surface area contributed by atoms with Gasteiger partial charge in [-0.25, -0.2) is 4.98 Å². The van der Waals surface area contributed by atoms with E-state index in [0.29, 0.717) is 0 Å². The zero-order chi connectivity index (χ0) is 36.3. The Labute approximate surface area is 317 Å². The second kappa shape index (κ2) is 12.6. The maximum atomic E-state index is 6.83. The molecular formula is C52H32N2O. The number of hydrogen-bond donors (Lipinski definition) is 0. The molecule has 3 heteroatoms. The van der Waals surface area contributed by atoms with Crippen molar-refractivity contribution in [3.8, 4) is 55.8 Å².